The van der Waals surface area contributed by atoms with Crippen LogP contribution < -0.4 is 10.2 Å². The Balaban J connectivity index is 1.58. The van der Waals surface area contributed by atoms with E-state index in [1.165, 1.54) is 36.9 Å². The minimum Gasteiger partial charge on any atom is -0.349 e. The topological polar surface area (TPSA) is 66.5 Å². The van der Waals surface area contributed by atoms with Crippen molar-refractivity contribution in [3.63, 3.8) is 0 Å². The summed E-state index contributed by atoms with van der Waals surface area (Å²) < 4.78 is 5.03. The van der Waals surface area contributed by atoms with Crippen molar-refractivity contribution in [3.05, 3.63) is 41.5 Å². The zero-order valence-electron chi connectivity index (χ0n) is 14.2. The maximum atomic E-state index is 5.03. The van der Waals surface area contributed by atoms with E-state index in [0.29, 0.717) is 18.3 Å². The molecule has 2 aliphatic rings. The Bertz CT molecular complexity index is 760. The van der Waals surface area contributed by atoms with E-state index in [9.17, 15) is 0 Å². The lowest BCUT2D eigenvalue weighted by molar-refractivity contribution is 0.387. The molecule has 0 atom stereocenters. The Kier molecular flexibility index (Phi) is 3.75. The molecule has 0 radical (unpaired) electrons. The molecule has 4 rings (SSSR count). The normalized spacial score (nSPS) is 19.1. The van der Waals surface area contributed by atoms with Gasteiger partial charge in [0.05, 0.1) is 6.54 Å². The average Bonchev–Trinajstić information content (AvgIpc) is 3.31. The number of para-hydroxylation sites is 1. The summed E-state index contributed by atoms with van der Waals surface area (Å²) in [5.41, 5.74) is 3.04. The molecule has 1 spiro atoms. The van der Waals surface area contributed by atoms with Gasteiger partial charge in [-0.2, -0.15) is 4.98 Å². The van der Waals surface area contributed by atoms with Gasteiger partial charge in [-0.15, -0.1) is 0 Å². The van der Waals surface area contributed by atoms with Crippen molar-refractivity contribution in [3.8, 4) is 0 Å². The highest BCUT2D eigenvalue weighted by Gasteiger charge is 2.45. The number of hydrogen-bond acceptors (Lipinski definition) is 4. The van der Waals surface area contributed by atoms with Gasteiger partial charge in [-0.3, -0.25) is 4.99 Å². The van der Waals surface area contributed by atoms with Crippen LogP contribution in [-0.2, 0) is 12.0 Å². The van der Waals surface area contributed by atoms with E-state index >= 15 is 0 Å². The quantitative estimate of drug-likeness (QED) is 0.679. The Morgan fingerprint density at radius 2 is 2.12 bits per heavy atom. The lowest BCUT2D eigenvalue weighted by atomic mass is 9.81. The van der Waals surface area contributed by atoms with E-state index in [0.717, 1.165) is 12.5 Å². The van der Waals surface area contributed by atoms with E-state index < -0.39 is 0 Å². The lowest BCUT2D eigenvalue weighted by Gasteiger charge is -2.26. The fourth-order valence-electron chi connectivity index (χ4n) is 4.17. The monoisotopic (exact) mass is 325 g/mol. The van der Waals surface area contributed by atoms with Crippen molar-refractivity contribution in [2.45, 2.75) is 44.6 Å². The molecular weight excluding hydrogens is 302 g/mol. The number of nitrogens with one attached hydrogen (secondary N) is 1. The average molecular weight is 325 g/mol. The molecule has 24 heavy (non-hydrogen) atoms. The number of aliphatic imine (C=N–C) groups is 1. The number of nitrogens with zero attached hydrogens (tertiary/aromatic N) is 4. The zero-order chi connectivity index (χ0) is 16.6. The van der Waals surface area contributed by atoms with Crippen LogP contribution in [0.1, 0.15) is 43.0 Å². The highest BCUT2D eigenvalue weighted by Crippen LogP contribution is 2.50. The summed E-state index contributed by atoms with van der Waals surface area (Å²) in [5, 5.41) is 7.32. The molecule has 1 aromatic carbocycles. The first-order valence-corrected chi connectivity index (χ1v) is 8.59. The van der Waals surface area contributed by atoms with Crippen LogP contribution in [0.3, 0.4) is 0 Å². The summed E-state index contributed by atoms with van der Waals surface area (Å²) in [6.45, 7) is 3.30. The number of aryl methyl sites for hydroxylation is 1. The molecule has 1 aliphatic heterocycles. The largest absolute Gasteiger partial charge is 0.349 e. The van der Waals surface area contributed by atoms with E-state index in [2.05, 4.69) is 49.6 Å². The molecule has 126 valence electrons. The van der Waals surface area contributed by atoms with Crippen molar-refractivity contribution in [1.82, 2.24) is 15.5 Å². The molecule has 1 saturated carbocycles. The minimum atomic E-state index is 0.289. The van der Waals surface area contributed by atoms with Crippen molar-refractivity contribution < 1.29 is 4.52 Å². The molecule has 6 nitrogen and oxygen atoms in total. The standard InChI is InChI=1S/C18H23N5O/c1-13-21-16(22-24-13)11-20-17(19-2)23-12-18(9-5-6-10-18)14-7-3-4-8-15(14)23/h3-4,7-8H,5-6,9-12H2,1-2H3,(H,19,20). The molecule has 0 amide bonds. The van der Waals surface area contributed by atoms with Crippen molar-refractivity contribution in [2.24, 2.45) is 4.99 Å². The first-order valence-electron chi connectivity index (χ1n) is 8.59. The van der Waals surface area contributed by atoms with Crippen molar-refractivity contribution in [2.75, 3.05) is 18.5 Å². The first kappa shape index (κ1) is 15.2. The van der Waals surface area contributed by atoms with E-state index in [-0.39, 0.29) is 5.41 Å². The molecule has 6 heteroatoms. The number of guanidine groups is 1. The smallest absolute Gasteiger partial charge is 0.223 e. The zero-order valence-corrected chi connectivity index (χ0v) is 14.2. The van der Waals surface area contributed by atoms with Gasteiger partial charge in [0.15, 0.2) is 11.8 Å². The molecule has 1 fully saturated rings. The van der Waals surface area contributed by atoms with Crippen LogP contribution in [0.15, 0.2) is 33.8 Å². The Hall–Kier alpha value is -2.37. The second kappa shape index (κ2) is 5.92. The number of rotatable bonds is 2. The molecule has 0 unspecified atom stereocenters. The maximum Gasteiger partial charge on any atom is 0.223 e. The highest BCUT2D eigenvalue weighted by atomic mass is 16.5. The highest BCUT2D eigenvalue weighted by molar-refractivity contribution is 5.98. The molecule has 1 N–H and O–H groups in total. The van der Waals surface area contributed by atoms with Gasteiger partial charge < -0.3 is 14.7 Å². The van der Waals surface area contributed by atoms with Gasteiger partial charge >= 0.3 is 0 Å². The third kappa shape index (κ3) is 2.46. The second-order valence-electron chi connectivity index (χ2n) is 6.72. The minimum absolute atomic E-state index is 0.289. The molecule has 1 aliphatic carbocycles. The third-order valence-electron chi connectivity index (χ3n) is 5.23. The summed E-state index contributed by atoms with van der Waals surface area (Å²) in [5.74, 6) is 2.10. The third-order valence-corrected chi connectivity index (χ3v) is 5.23. The van der Waals surface area contributed by atoms with Gasteiger partial charge in [0.1, 0.15) is 0 Å². The Morgan fingerprint density at radius 1 is 1.33 bits per heavy atom. The van der Waals surface area contributed by atoms with Crippen molar-refractivity contribution >= 4 is 11.6 Å². The van der Waals surface area contributed by atoms with Gasteiger partial charge in [-0.25, -0.2) is 0 Å². The van der Waals surface area contributed by atoms with Gasteiger partial charge in [-0.05, 0) is 24.5 Å². The number of hydrogen-bond donors (Lipinski definition) is 1. The summed E-state index contributed by atoms with van der Waals surface area (Å²) in [7, 11) is 1.83. The van der Waals surface area contributed by atoms with Gasteiger partial charge in [-0.1, -0.05) is 36.2 Å². The van der Waals surface area contributed by atoms with Crippen LogP contribution in [0.4, 0.5) is 5.69 Å². The molecule has 0 saturated heterocycles. The predicted molar refractivity (Wildman–Crippen MR) is 93.2 cm³/mol. The second-order valence-corrected chi connectivity index (χ2v) is 6.72. The summed E-state index contributed by atoms with van der Waals surface area (Å²) in [6, 6.07) is 8.75. The number of benzene rings is 1. The molecular formula is C18H23N5O. The molecule has 2 aromatic rings. The number of aromatic nitrogens is 2. The molecule has 1 aromatic heterocycles. The van der Waals surface area contributed by atoms with Crippen LogP contribution in [0.5, 0.6) is 0 Å². The van der Waals surface area contributed by atoms with Crippen LogP contribution in [0.25, 0.3) is 0 Å². The first-order chi connectivity index (χ1) is 11.7. The van der Waals surface area contributed by atoms with Gasteiger partial charge in [0.2, 0.25) is 5.89 Å². The van der Waals surface area contributed by atoms with Gasteiger partial charge in [0, 0.05) is 31.6 Å². The van der Waals surface area contributed by atoms with Gasteiger partial charge in [0.25, 0.3) is 0 Å². The lowest BCUT2D eigenvalue weighted by Crippen LogP contribution is -2.43. The fourth-order valence-corrected chi connectivity index (χ4v) is 4.17. The van der Waals surface area contributed by atoms with Crippen molar-refractivity contribution in [1.29, 1.82) is 0 Å². The van der Waals surface area contributed by atoms with E-state index in [1.807, 2.05) is 7.05 Å². The predicted octanol–water partition coefficient (Wildman–Crippen LogP) is 2.79. The van der Waals surface area contributed by atoms with Crippen LogP contribution in [0.2, 0.25) is 0 Å². The molecule has 0 bridgehead atoms. The summed E-state index contributed by atoms with van der Waals surface area (Å²) in [6.07, 6.45) is 5.16. The maximum absolute atomic E-state index is 5.03. The Labute approximate surface area is 142 Å². The number of anilines is 1. The Morgan fingerprint density at radius 3 is 2.83 bits per heavy atom. The fraction of sp³-hybridized carbons (Fsp3) is 0.500. The van der Waals surface area contributed by atoms with E-state index in [1.54, 1.807) is 6.92 Å². The number of fused-ring (bicyclic) bond motifs is 2. The van der Waals surface area contributed by atoms with Crippen LogP contribution >= 0.6 is 0 Å². The summed E-state index contributed by atoms with van der Waals surface area (Å²) in [4.78, 5) is 11.0. The van der Waals surface area contributed by atoms with Crippen LogP contribution in [-0.4, -0.2) is 29.7 Å². The van der Waals surface area contributed by atoms with Crippen LogP contribution in [0, 0.1) is 6.92 Å². The summed E-state index contributed by atoms with van der Waals surface area (Å²) >= 11 is 0. The molecule has 2 heterocycles. The SMILES string of the molecule is CN=C(NCc1noc(C)n1)N1CC2(CCCC2)c2ccccc21. The van der Waals surface area contributed by atoms with E-state index in [4.69, 9.17) is 4.52 Å².